The van der Waals surface area contributed by atoms with Crippen molar-refractivity contribution in [2.75, 3.05) is 25.0 Å². The van der Waals surface area contributed by atoms with E-state index < -0.39 is 0 Å². The molecule has 1 aliphatic heterocycles. The van der Waals surface area contributed by atoms with Crippen LogP contribution >= 0.6 is 0 Å². The summed E-state index contributed by atoms with van der Waals surface area (Å²) in [5.41, 5.74) is 2.75. The van der Waals surface area contributed by atoms with Gasteiger partial charge in [0.25, 0.3) is 0 Å². The predicted octanol–water partition coefficient (Wildman–Crippen LogP) is 3.59. The fourth-order valence-corrected chi connectivity index (χ4v) is 2.66. The molecule has 0 aromatic heterocycles. The van der Waals surface area contributed by atoms with E-state index in [1.54, 1.807) is 0 Å². The fourth-order valence-electron chi connectivity index (χ4n) is 2.66. The molecule has 2 unspecified atom stereocenters. The van der Waals surface area contributed by atoms with E-state index in [9.17, 15) is 0 Å². The molecular weight excluding hydrogens is 220 g/mol. The maximum absolute atomic E-state index is 3.28. The van der Waals surface area contributed by atoms with Crippen LogP contribution < -0.4 is 10.2 Å². The van der Waals surface area contributed by atoms with E-state index in [1.165, 1.54) is 43.6 Å². The zero-order valence-corrected chi connectivity index (χ0v) is 11.9. The summed E-state index contributed by atoms with van der Waals surface area (Å²) >= 11 is 0. The van der Waals surface area contributed by atoms with Crippen LogP contribution in [0.1, 0.15) is 44.7 Å². The molecule has 0 spiro atoms. The van der Waals surface area contributed by atoms with Crippen LogP contribution in [0.25, 0.3) is 0 Å². The molecule has 1 saturated heterocycles. The van der Waals surface area contributed by atoms with Crippen LogP contribution in [0.3, 0.4) is 0 Å². The van der Waals surface area contributed by atoms with Gasteiger partial charge in [-0.2, -0.15) is 0 Å². The van der Waals surface area contributed by atoms with E-state index in [0.717, 1.165) is 5.92 Å². The lowest BCUT2D eigenvalue weighted by molar-refractivity contribution is 0.521. The maximum Gasteiger partial charge on any atom is 0.0366 e. The van der Waals surface area contributed by atoms with Gasteiger partial charge in [0.15, 0.2) is 0 Å². The number of anilines is 1. The Morgan fingerprint density at radius 2 is 1.89 bits per heavy atom. The smallest absolute Gasteiger partial charge is 0.0366 e. The van der Waals surface area contributed by atoms with Gasteiger partial charge in [0.05, 0.1) is 0 Å². The second-order valence-electron chi connectivity index (χ2n) is 5.63. The Balaban J connectivity index is 2.04. The molecule has 2 heteroatoms. The number of benzene rings is 1. The summed E-state index contributed by atoms with van der Waals surface area (Å²) in [5.74, 6) is 0.888. The Morgan fingerprint density at radius 1 is 1.17 bits per heavy atom. The van der Waals surface area contributed by atoms with Crippen LogP contribution in [0.2, 0.25) is 0 Å². The van der Waals surface area contributed by atoms with Gasteiger partial charge in [-0.05, 0) is 56.8 Å². The molecule has 1 heterocycles. The van der Waals surface area contributed by atoms with Crippen LogP contribution in [0, 0.1) is 5.92 Å². The van der Waals surface area contributed by atoms with Gasteiger partial charge in [-0.25, -0.2) is 0 Å². The maximum atomic E-state index is 3.28. The quantitative estimate of drug-likeness (QED) is 0.876. The van der Waals surface area contributed by atoms with E-state index >= 15 is 0 Å². The summed E-state index contributed by atoms with van der Waals surface area (Å²) in [6.07, 6.45) is 4.04. The molecule has 2 atom stereocenters. The molecule has 2 nitrogen and oxygen atoms in total. The van der Waals surface area contributed by atoms with Gasteiger partial charge >= 0.3 is 0 Å². The second-order valence-corrected chi connectivity index (χ2v) is 5.63. The molecule has 1 fully saturated rings. The van der Waals surface area contributed by atoms with E-state index in [4.69, 9.17) is 0 Å². The molecule has 0 saturated carbocycles. The minimum Gasteiger partial charge on any atom is -0.372 e. The third-order valence-electron chi connectivity index (χ3n) is 4.21. The van der Waals surface area contributed by atoms with Gasteiger partial charge in [-0.15, -0.1) is 0 Å². The summed E-state index contributed by atoms with van der Waals surface area (Å²) in [5, 5.41) is 3.28. The lowest BCUT2D eigenvalue weighted by Gasteiger charge is -2.23. The molecule has 0 radical (unpaired) electrons. The lowest BCUT2D eigenvalue weighted by atomic mass is 10.0. The number of hydrogen-bond donors (Lipinski definition) is 1. The van der Waals surface area contributed by atoms with Crippen molar-refractivity contribution in [1.82, 2.24) is 5.32 Å². The largest absolute Gasteiger partial charge is 0.372 e. The number of nitrogens with zero attached hydrogens (tertiary/aromatic N) is 1. The first-order valence-corrected chi connectivity index (χ1v) is 7.23. The Hall–Kier alpha value is -1.02. The van der Waals surface area contributed by atoms with Gasteiger partial charge in [-0.3, -0.25) is 0 Å². The van der Waals surface area contributed by atoms with Crippen molar-refractivity contribution < 1.29 is 0 Å². The topological polar surface area (TPSA) is 15.3 Å². The van der Waals surface area contributed by atoms with E-state index in [2.05, 4.69) is 48.3 Å². The van der Waals surface area contributed by atoms with Crippen molar-refractivity contribution in [3.05, 3.63) is 29.8 Å². The molecule has 0 amide bonds. The first-order valence-electron chi connectivity index (χ1n) is 7.23. The highest BCUT2D eigenvalue weighted by Gasteiger charge is 2.14. The third kappa shape index (κ3) is 3.26. The Morgan fingerprint density at radius 3 is 2.56 bits per heavy atom. The van der Waals surface area contributed by atoms with Gasteiger partial charge in [0.2, 0.25) is 0 Å². The minimum absolute atomic E-state index is 0.434. The third-order valence-corrected chi connectivity index (χ3v) is 4.21. The molecule has 0 aliphatic carbocycles. The van der Waals surface area contributed by atoms with Crippen LogP contribution in [0.5, 0.6) is 0 Å². The Bertz CT molecular complexity index is 358. The lowest BCUT2D eigenvalue weighted by Crippen LogP contribution is -2.24. The SMILES string of the molecule is CNC(C)c1ccc(N2CCCC(C)CC2)cc1. The summed E-state index contributed by atoms with van der Waals surface area (Å²) < 4.78 is 0. The van der Waals surface area contributed by atoms with Crippen LogP contribution in [-0.2, 0) is 0 Å². The van der Waals surface area contributed by atoms with Crippen LogP contribution in [0.4, 0.5) is 5.69 Å². The van der Waals surface area contributed by atoms with Crippen molar-refractivity contribution in [3.63, 3.8) is 0 Å². The van der Waals surface area contributed by atoms with E-state index in [-0.39, 0.29) is 0 Å². The normalized spacial score (nSPS) is 22.6. The Labute approximate surface area is 111 Å². The zero-order chi connectivity index (χ0) is 13.0. The molecule has 1 aromatic carbocycles. The highest BCUT2D eigenvalue weighted by Crippen LogP contribution is 2.23. The highest BCUT2D eigenvalue weighted by atomic mass is 15.1. The van der Waals surface area contributed by atoms with Crippen molar-refractivity contribution in [2.45, 2.75) is 39.2 Å². The summed E-state index contributed by atoms with van der Waals surface area (Å²) in [4.78, 5) is 2.54. The molecule has 0 bridgehead atoms. The summed E-state index contributed by atoms with van der Waals surface area (Å²) in [6, 6.07) is 9.50. The fraction of sp³-hybridized carbons (Fsp3) is 0.625. The van der Waals surface area contributed by atoms with Gasteiger partial charge in [0.1, 0.15) is 0 Å². The zero-order valence-electron chi connectivity index (χ0n) is 11.9. The number of rotatable bonds is 3. The molecule has 1 aliphatic rings. The molecule has 100 valence electrons. The molecule has 18 heavy (non-hydrogen) atoms. The van der Waals surface area contributed by atoms with Crippen molar-refractivity contribution >= 4 is 5.69 Å². The van der Waals surface area contributed by atoms with Crippen molar-refractivity contribution in [1.29, 1.82) is 0 Å². The van der Waals surface area contributed by atoms with Gasteiger partial charge in [-0.1, -0.05) is 19.1 Å². The number of hydrogen-bond acceptors (Lipinski definition) is 2. The van der Waals surface area contributed by atoms with E-state index in [1.807, 2.05) is 7.05 Å². The van der Waals surface area contributed by atoms with Gasteiger partial charge < -0.3 is 10.2 Å². The van der Waals surface area contributed by atoms with Crippen LogP contribution in [0.15, 0.2) is 24.3 Å². The highest BCUT2D eigenvalue weighted by molar-refractivity contribution is 5.48. The first-order chi connectivity index (χ1) is 8.70. The predicted molar refractivity (Wildman–Crippen MR) is 79.1 cm³/mol. The summed E-state index contributed by atoms with van der Waals surface area (Å²) in [7, 11) is 2.01. The minimum atomic E-state index is 0.434. The average Bonchev–Trinajstić information content (AvgIpc) is 2.63. The first kappa shape index (κ1) is 13.4. The van der Waals surface area contributed by atoms with Crippen LogP contribution in [-0.4, -0.2) is 20.1 Å². The van der Waals surface area contributed by atoms with Crippen molar-refractivity contribution in [3.8, 4) is 0 Å². The standard InChI is InChI=1S/C16H26N2/c1-13-5-4-11-18(12-10-13)16-8-6-15(7-9-16)14(2)17-3/h6-9,13-14,17H,4-5,10-12H2,1-3H3. The Kier molecular flexibility index (Phi) is 4.65. The molecule has 2 rings (SSSR count). The van der Waals surface area contributed by atoms with Crippen molar-refractivity contribution in [2.24, 2.45) is 5.92 Å². The van der Waals surface area contributed by atoms with E-state index in [0.29, 0.717) is 6.04 Å². The van der Waals surface area contributed by atoms with Gasteiger partial charge in [0, 0.05) is 24.8 Å². The molecule has 1 aromatic rings. The monoisotopic (exact) mass is 246 g/mol. The number of nitrogens with one attached hydrogen (secondary N) is 1. The average molecular weight is 246 g/mol. The molecule has 1 N–H and O–H groups in total. The second kappa shape index (κ2) is 6.24. The summed E-state index contributed by atoms with van der Waals surface area (Å²) in [6.45, 7) is 7.00. The molecular formula is C16H26N2.